The van der Waals surface area contributed by atoms with E-state index in [2.05, 4.69) is 27.2 Å². The number of unbranched alkanes of at least 4 members (excludes halogenated alkanes) is 2. The fourth-order valence-electron chi connectivity index (χ4n) is 2.47. The molecule has 0 aliphatic heterocycles. The zero-order valence-corrected chi connectivity index (χ0v) is 15.3. The number of fused-ring (bicyclic) bond motifs is 1. The van der Waals surface area contributed by atoms with Crippen molar-refractivity contribution in [3.05, 3.63) is 42.1 Å². The molecule has 0 fully saturated rings. The lowest BCUT2D eigenvalue weighted by atomic mass is 10.1. The molecular weight excluding hydrogens is 322 g/mol. The van der Waals surface area contributed by atoms with Gasteiger partial charge in [-0.1, -0.05) is 24.6 Å². The Labute approximate surface area is 144 Å². The zero-order valence-electron chi connectivity index (χ0n) is 14.5. The second kappa shape index (κ2) is 9.11. The van der Waals surface area contributed by atoms with Crippen LogP contribution >= 0.6 is 0 Å². The van der Waals surface area contributed by atoms with E-state index in [9.17, 15) is 8.42 Å². The summed E-state index contributed by atoms with van der Waals surface area (Å²) in [6.07, 6.45) is 4.75. The first kappa shape index (κ1) is 18.8. The second-order valence-electron chi connectivity index (χ2n) is 6.21. The predicted octanol–water partition coefficient (Wildman–Crippen LogP) is 2.82. The Morgan fingerprint density at radius 1 is 1.04 bits per heavy atom. The summed E-state index contributed by atoms with van der Waals surface area (Å²) in [5.74, 6) is 0. The SMILES string of the molecule is CC(C)S(=O)(=O)NCCCCCNCc1ccnc2ccccc12. The quantitative estimate of drug-likeness (QED) is 0.647. The first-order valence-corrected chi connectivity index (χ1v) is 10.1. The van der Waals surface area contributed by atoms with Crippen LogP contribution in [-0.4, -0.2) is 31.7 Å². The standard InChI is InChI=1S/C18H27N3O2S/c1-15(2)24(22,23)21-12-7-3-6-11-19-14-16-10-13-20-18-9-5-4-8-17(16)18/h4-5,8-10,13,15,19,21H,3,6-7,11-12,14H2,1-2H3. The molecule has 2 rings (SSSR count). The van der Waals surface area contributed by atoms with E-state index in [1.807, 2.05) is 24.4 Å². The van der Waals surface area contributed by atoms with Crippen molar-refractivity contribution < 1.29 is 8.42 Å². The van der Waals surface area contributed by atoms with Crippen LogP contribution in [0.25, 0.3) is 10.9 Å². The van der Waals surface area contributed by atoms with E-state index in [1.54, 1.807) is 13.8 Å². The maximum Gasteiger partial charge on any atom is 0.213 e. The van der Waals surface area contributed by atoms with Crippen molar-refractivity contribution in [2.75, 3.05) is 13.1 Å². The van der Waals surface area contributed by atoms with Gasteiger partial charge >= 0.3 is 0 Å². The summed E-state index contributed by atoms with van der Waals surface area (Å²) < 4.78 is 25.8. The Morgan fingerprint density at radius 3 is 2.58 bits per heavy atom. The Hall–Kier alpha value is -1.50. The van der Waals surface area contributed by atoms with Crippen molar-refractivity contribution in [1.82, 2.24) is 15.0 Å². The van der Waals surface area contributed by atoms with Crippen LogP contribution in [0, 0.1) is 0 Å². The molecule has 0 aliphatic carbocycles. The first-order valence-electron chi connectivity index (χ1n) is 8.52. The lowest BCUT2D eigenvalue weighted by Crippen LogP contribution is -2.31. The van der Waals surface area contributed by atoms with Crippen molar-refractivity contribution in [2.24, 2.45) is 0 Å². The summed E-state index contributed by atoms with van der Waals surface area (Å²) >= 11 is 0. The topological polar surface area (TPSA) is 71.1 Å². The van der Waals surface area contributed by atoms with E-state index >= 15 is 0 Å². The fourth-order valence-corrected chi connectivity index (χ4v) is 3.23. The fraction of sp³-hybridized carbons (Fsp3) is 0.500. The number of nitrogens with zero attached hydrogens (tertiary/aromatic N) is 1. The maximum absolute atomic E-state index is 11.6. The number of aromatic nitrogens is 1. The number of benzene rings is 1. The van der Waals surface area contributed by atoms with Gasteiger partial charge in [-0.05, 0) is 50.9 Å². The van der Waals surface area contributed by atoms with Crippen LogP contribution in [0.4, 0.5) is 0 Å². The van der Waals surface area contributed by atoms with Crippen LogP contribution in [0.3, 0.4) is 0 Å². The average Bonchev–Trinajstić information content (AvgIpc) is 2.57. The third-order valence-electron chi connectivity index (χ3n) is 4.01. The van der Waals surface area contributed by atoms with Gasteiger partial charge in [0.15, 0.2) is 0 Å². The van der Waals surface area contributed by atoms with E-state index in [4.69, 9.17) is 0 Å². The van der Waals surface area contributed by atoms with Crippen LogP contribution in [0.15, 0.2) is 36.5 Å². The van der Waals surface area contributed by atoms with Crippen molar-refractivity contribution >= 4 is 20.9 Å². The maximum atomic E-state index is 11.6. The first-order chi connectivity index (χ1) is 11.5. The molecule has 1 heterocycles. The summed E-state index contributed by atoms with van der Waals surface area (Å²) in [5, 5.41) is 4.28. The Morgan fingerprint density at radius 2 is 1.79 bits per heavy atom. The van der Waals surface area contributed by atoms with Crippen molar-refractivity contribution in [3.8, 4) is 0 Å². The van der Waals surface area contributed by atoms with Crippen LogP contribution in [0.1, 0.15) is 38.7 Å². The lowest BCUT2D eigenvalue weighted by Gasteiger charge is -2.10. The minimum absolute atomic E-state index is 0.366. The molecule has 2 aromatic rings. The van der Waals surface area contributed by atoms with Gasteiger partial charge in [0, 0.05) is 24.7 Å². The highest BCUT2D eigenvalue weighted by atomic mass is 32.2. The molecule has 1 aromatic carbocycles. The van der Waals surface area contributed by atoms with Crippen molar-refractivity contribution in [3.63, 3.8) is 0 Å². The van der Waals surface area contributed by atoms with Gasteiger partial charge < -0.3 is 5.32 Å². The number of sulfonamides is 1. The van der Waals surface area contributed by atoms with Gasteiger partial charge in [-0.3, -0.25) is 4.98 Å². The molecule has 0 amide bonds. The number of hydrogen-bond donors (Lipinski definition) is 2. The van der Waals surface area contributed by atoms with Gasteiger partial charge in [0.05, 0.1) is 10.8 Å². The van der Waals surface area contributed by atoms with Crippen molar-refractivity contribution in [2.45, 2.75) is 44.9 Å². The Kier molecular flexibility index (Phi) is 7.15. The zero-order chi connectivity index (χ0) is 17.4. The molecule has 0 atom stereocenters. The molecule has 0 aliphatic rings. The lowest BCUT2D eigenvalue weighted by molar-refractivity contribution is 0.561. The Bertz CT molecular complexity index is 740. The third-order valence-corrected chi connectivity index (χ3v) is 5.86. The second-order valence-corrected chi connectivity index (χ2v) is 8.53. The summed E-state index contributed by atoms with van der Waals surface area (Å²) in [5.41, 5.74) is 2.28. The molecule has 0 saturated carbocycles. The van der Waals surface area contributed by atoms with Crippen LogP contribution < -0.4 is 10.0 Å². The number of nitrogens with one attached hydrogen (secondary N) is 2. The number of rotatable bonds is 10. The molecule has 2 N–H and O–H groups in total. The number of para-hydroxylation sites is 1. The highest BCUT2D eigenvalue weighted by molar-refractivity contribution is 7.90. The van der Waals surface area contributed by atoms with E-state index in [0.717, 1.165) is 37.9 Å². The summed E-state index contributed by atoms with van der Waals surface area (Å²) in [6.45, 7) is 5.65. The van der Waals surface area contributed by atoms with E-state index in [0.29, 0.717) is 6.54 Å². The molecule has 132 valence electrons. The molecule has 6 heteroatoms. The molecule has 5 nitrogen and oxygen atoms in total. The van der Waals surface area contributed by atoms with Gasteiger partial charge in [0.25, 0.3) is 0 Å². The number of pyridine rings is 1. The minimum Gasteiger partial charge on any atom is -0.313 e. The molecule has 1 aromatic heterocycles. The van der Waals surface area contributed by atoms with Gasteiger partial charge in [-0.15, -0.1) is 0 Å². The van der Waals surface area contributed by atoms with E-state index in [1.165, 1.54) is 10.9 Å². The largest absolute Gasteiger partial charge is 0.313 e. The van der Waals surface area contributed by atoms with Crippen molar-refractivity contribution in [1.29, 1.82) is 0 Å². The minimum atomic E-state index is -3.12. The van der Waals surface area contributed by atoms with Gasteiger partial charge in [0.1, 0.15) is 0 Å². The van der Waals surface area contributed by atoms with Gasteiger partial charge in [-0.2, -0.15) is 0 Å². The predicted molar refractivity (Wildman–Crippen MR) is 99.4 cm³/mol. The van der Waals surface area contributed by atoms with Gasteiger partial charge in [0.2, 0.25) is 10.0 Å². The van der Waals surface area contributed by atoms with E-state index in [-0.39, 0.29) is 5.25 Å². The molecule has 0 spiro atoms. The molecule has 0 unspecified atom stereocenters. The average molecular weight is 350 g/mol. The molecule has 0 saturated heterocycles. The smallest absolute Gasteiger partial charge is 0.213 e. The monoisotopic (exact) mass is 349 g/mol. The third kappa shape index (κ3) is 5.54. The molecule has 0 radical (unpaired) electrons. The highest BCUT2D eigenvalue weighted by Crippen LogP contribution is 2.15. The molecule has 24 heavy (non-hydrogen) atoms. The van der Waals surface area contributed by atoms with Crippen LogP contribution in [-0.2, 0) is 16.6 Å². The van der Waals surface area contributed by atoms with Crippen LogP contribution in [0.2, 0.25) is 0 Å². The normalized spacial score (nSPS) is 12.1. The highest BCUT2D eigenvalue weighted by Gasteiger charge is 2.13. The Balaban J connectivity index is 1.63. The molecule has 0 bridgehead atoms. The number of hydrogen-bond acceptors (Lipinski definition) is 4. The van der Waals surface area contributed by atoms with Crippen LogP contribution in [0.5, 0.6) is 0 Å². The summed E-state index contributed by atoms with van der Waals surface area (Å²) in [6, 6.07) is 10.2. The van der Waals surface area contributed by atoms with E-state index < -0.39 is 10.0 Å². The molecular formula is C18H27N3O2S. The van der Waals surface area contributed by atoms with Gasteiger partial charge in [-0.25, -0.2) is 13.1 Å². The summed E-state index contributed by atoms with van der Waals surface area (Å²) in [4.78, 5) is 4.37. The summed E-state index contributed by atoms with van der Waals surface area (Å²) in [7, 11) is -3.12.